The van der Waals surface area contributed by atoms with Crippen LogP contribution in [0.1, 0.15) is 51.4 Å². The fraction of sp³-hybridized carbons (Fsp3) is 0.857. The fourth-order valence-electron chi connectivity index (χ4n) is 3.11. The van der Waals surface area contributed by atoms with E-state index in [1.807, 2.05) is 9.80 Å². The molecular weight excluding hydrogens is 244 g/mol. The maximum absolute atomic E-state index is 12.5. The van der Waals surface area contributed by atoms with Crippen LogP contribution in [0.2, 0.25) is 0 Å². The third-order valence-corrected chi connectivity index (χ3v) is 4.19. The maximum Gasteiger partial charge on any atom is 0.320 e. The molecule has 0 aliphatic carbocycles. The Morgan fingerprint density at radius 1 is 1.00 bits per heavy atom. The van der Waals surface area contributed by atoms with Crippen molar-refractivity contribution in [1.82, 2.24) is 9.80 Å². The van der Waals surface area contributed by atoms with Crippen LogP contribution in [0.4, 0.5) is 4.79 Å². The Morgan fingerprint density at radius 3 is 2.37 bits per heavy atom. The summed E-state index contributed by atoms with van der Waals surface area (Å²) in [5.41, 5.74) is 0. The molecule has 1 atom stereocenters. The molecule has 0 aromatic rings. The van der Waals surface area contributed by atoms with Gasteiger partial charge in [-0.1, -0.05) is 0 Å². The molecule has 0 bridgehead atoms. The number of carboxylic acid groups (broad SMARTS) is 1. The summed E-state index contributed by atoms with van der Waals surface area (Å²) in [6, 6.07) is 0.258. The lowest BCUT2D eigenvalue weighted by molar-refractivity contribution is -0.137. The summed E-state index contributed by atoms with van der Waals surface area (Å²) in [6.45, 7) is 2.52. The molecule has 0 aromatic carbocycles. The highest BCUT2D eigenvalue weighted by atomic mass is 16.4. The van der Waals surface area contributed by atoms with Crippen molar-refractivity contribution >= 4 is 12.0 Å². The number of aliphatic carboxylic acids is 1. The van der Waals surface area contributed by atoms with E-state index in [2.05, 4.69) is 0 Å². The molecule has 2 aliphatic rings. The average molecular weight is 268 g/mol. The zero-order chi connectivity index (χ0) is 13.7. The lowest BCUT2D eigenvalue weighted by Crippen LogP contribution is -2.51. The number of hydrogen-bond acceptors (Lipinski definition) is 2. The van der Waals surface area contributed by atoms with E-state index in [0.717, 1.165) is 51.7 Å². The quantitative estimate of drug-likeness (QED) is 0.854. The summed E-state index contributed by atoms with van der Waals surface area (Å²) < 4.78 is 0. The molecule has 1 unspecified atom stereocenters. The first-order valence-electron chi connectivity index (χ1n) is 7.46. The van der Waals surface area contributed by atoms with Crippen LogP contribution in [0, 0.1) is 0 Å². The molecule has 19 heavy (non-hydrogen) atoms. The minimum Gasteiger partial charge on any atom is -0.481 e. The third-order valence-electron chi connectivity index (χ3n) is 4.19. The molecule has 2 aliphatic heterocycles. The van der Waals surface area contributed by atoms with Gasteiger partial charge >= 0.3 is 12.0 Å². The molecule has 0 saturated carbocycles. The van der Waals surface area contributed by atoms with Crippen molar-refractivity contribution in [2.24, 2.45) is 0 Å². The van der Waals surface area contributed by atoms with Gasteiger partial charge in [-0.3, -0.25) is 4.79 Å². The Labute approximate surface area is 114 Å². The number of carbonyl (C=O) groups is 2. The van der Waals surface area contributed by atoms with Crippen molar-refractivity contribution in [2.45, 2.75) is 57.4 Å². The van der Waals surface area contributed by atoms with Gasteiger partial charge in [0.05, 0.1) is 0 Å². The monoisotopic (exact) mass is 268 g/mol. The van der Waals surface area contributed by atoms with Crippen molar-refractivity contribution in [3.8, 4) is 0 Å². The summed E-state index contributed by atoms with van der Waals surface area (Å²) in [5, 5.41) is 8.80. The van der Waals surface area contributed by atoms with E-state index in [4.69, 9.17) is 5.11 Å². The summed E-state index contributed by atoms with van der Waals surface area (Å²) in [4.78, 5) is 27.1. The second-order valence-corrected chi connectivity index (χ2v) is 5.61. The molecule has 2 amide bonds. The van der Waals surface area contributed by atoms with Crippen molar-refractivity contribution in [1.29, 1.82) is 0 Å². The van der Waals surface area contributed by atoms with Crippen LogP contribution in [0.3, 0.4) is 0 Å². The minimum atomic E-state index is -0.768. The van der Waals surface area contributed by atoms with E-state index in [1.165, 1.54) is 6.42 Å². The van der Waals surface area contributed by atoms with Crippen molar-refractivity contribution < 1.29 is 14.7 Å². The van der Waals surface area contributed by atoms with Gasteiger partial charge in [0.1, 0.15) is 0 Å². The van der Waals surface area contributed by atoms with E-state index >= 15 is 0 Å². The molecule has 2 rings (SSSR count). The van der Waals surface area contributed by atoms with Crippen molar-refractivity contribution in [3.63, 3.8) is 0 Å². The lowest BCUT2D eigenvalue weighted by Gasteiger charge is -2.40. The molecule has 0 radical (unpaired) electrons. The Bertz CT molecular complexity index is 327. The molecule has 2 fully saturated rings. The number of piperidine rings is 2. The van der Waals surface area contributed by atoms with Gasteiger partial charge in [0.25, 0.3) is 0 Å². The molecule has 0 spiro atoms. The first-order valence-corrected chi connectivity index (χ1v) is 7.46. The van der Waals surface area contributed by atoms with E-state index in [-0.39, 0.29) is 18.5 Å². The van der Waals surface area contributed by atoms with Gasteiger partial charge in [-0.25, -0.2) is 4.79 Å². The molecule has 2 saturated heterocycles. The van der Waals surface area contributed by atoms with Crippen LogP contribution in [0.25, 0.3) is 0 Å². The van der Waals surface area contributed by atoms with Crippen LogP contribution in [-0.4, -0.2) is 52.6 Å². The molecule has 2 heterocycles. The maximum atomic E-state index is 12.5. The van der Waals surface area contributed by atoms with E-state index in [1.54, 1.807) is 0 Å². The van der Waals surface area contributed by atoms with Crippen LogP contribution in [0.15, 0.2) is 0 Å². The number of carbonyl (C=O) groups excluding carboxylic acids is 1. The van der Waals surface area contributed by atoms with Crippen LogP contribution >= 0.6 is 0 Å². The zero-order valence-electron chi connectivity index (χ0n) is 11.5. The molecule has 108 valence electrons. The highest BCUT2D eigenvalue weighted by molar-refractivity contribution is 5.75. The van der Waals surface area contributed by atoms with Crippen molar-refractivity contribution in [2.75, 3.05) is 19.6 Å². The first-order chi connectivity index (χ1) is 9.18. The van der Waals surface area contributed by atoms with Crippen LogP contribution < -0.4 is 0 Å². The number of likely N-dealkylation sites (tertiary alicyclic amines) is 2. The van der Waals surface area contributed by atoms with Gasteiger partial charge in [-0.05, 0) is 44.9 Å². The predicted molar refractivity (Wildman–Crippen MR) is 72.0 cm³/mol. The standard InChI is InChI=1S/C14H24N2O3/c17-13(18)8-7-12-6-2-5-11-16(12)14(19)15-9-3-1-4-10-15/h12H,1-11H2,(H,17,18). The molecule has 1 N–H and O–H groups in total. The smallest absolute Gasteiger partial charge is 0.320 e. The number of urea groups is 1. The normalized spacial score (nSPS) is 24.3. The Morgan fingerprint density at radius 2 is 1.68 bits per heavy atom. The van der Waals surface area contributed by atoms with Crippen molar-refractivity contribution in [3.05, 3.63) is 0 Å². The Kier molecular flexibility index (Phi) is 5.05. The Hall–Kier alpha value is -1.26. The average Bonchev–Trinajstić information content (AvgIpc) is 2.45. The van der Waals surface area contributed by atoms with E-state index < -0.39 is 5.97 Å². The van der Waals surface area contributed by atoms with Gasteiger partial charge < -0.3 is 14.9 Å². The zero-order valence-corrected chi connectivity index (χ0v) is 11.5. The number of nitrogens with zero attached hydrogens (tertiary/aromatic N) is 2. The van der Waals surface area contributed by atoms with E-state index in [0.29, 0.717) is 6.42 Å². The SMILES string of the molecule is O=C(O)CCC1CCCCN1C(=O)N1CCCCC1. The molecule has 0 aromatic heterocycles. The highest BCUT2D eigenvalue weighted by Gasteiger charge is 2.30. The number of rotatable bonds is 3. The summed E-state index contributed by atoms with van der Waals surface area (Å²) in [7, 11) is 0. The van der Waals surface area contributed by atoms with Gasteiger partial charge in [0.15, 0.2) is 0 Å². The van der Waals surface area contributed by atoms with Gasteiger partial charge in [0, 0.05) is 32.1 Å². The van der Waals surface area contributed by atoms with Gasteiger partial charge in [-0.15, -0.1) is 0 Å². The summed E-state index contributed by atoms with van der Waals surface area (Å²) >= 11 is 0. The third kappa shape index (κ3) is 3.85. The van der Waals surface area contributed by atoms with Crippen LogP contribution in [0.5, 0.6) is 0 Å². The first kappa shape index (κ1) is 14.2. The minimum absolute atomic E-state index is 0.124. The van der Waals surface area contributed by atoms with Gasteiger partial charge in [0.2, 0.25) is 0 Å². The number of carboxylic acids is 1. The molecular formula is C14H24N2O3. The lowest BCUT2D eigenvalue weighted by atomic mass is 9.98. The Balaban J connectivity index is 1.93. The van der Waals surface area contributed by atoms with Crippen LogP contribution in [-0.2, 0) is 4.79 Å². The largest absolute Gasteiger partial charge is 0.481 e. The highest BCUT2D eigenvalue weighted by Crippen LogP contribution is 2.23. The fourth-order valence-corrected chi connectivity index (χ4v) is 3.11. The number of hydrogen-bond donors (Lipinski definition) is 1. The van der Waals surface area contributed by atoms with Gasteiger partial charge in [-0.2, -0.15) is 0 Å². The predicted octanol–water partition coefficient (Wildman–Crippen LogP) is 2.31. The van der Waals surface area contributed by atoms with E-state index in [9.17, 15) is 9.59 Å². The summed E-state index contributed by atoms with van der Waals surface area (Å²) in [5.74, 6) is -0.768. The summed E-state index contributed by atoms with van der Waals surface area (Å²) in [6.07, 6.45) is 7.26. The molecule has 5 heteroatoms. The second kappa shape index (κ2) is 6.78. The number of amides is 2. The topological polar surface area (TPSA) is 60.9 Å². The second-order valence-electron chi connectivity index (χ2n) is 5.61. The molecule has 5 nitrogen and oxygen atoms in total.